The topological polar surface area (TPSA) is 108 Å². The predicted octanol–water partition coefficient (Wildman–Crippen LogP) is 3.50. The highest BCUT2D eigenvalue weighted by atomic mass is 19.4. The summed E-state index contributed by atoms with van der Waals surface area (Å²) in [6.45, 7) is 3.86. The Bertz CT molecular complexity index is 928. The van der Waals surface area contributed by atoms with Gasteiger partial charge in [-0.25, -0.2) is 0 Å². The van der Waals surface area contributed by atoms with Gasteiger partial charge in [0.15, 0.2) is 11.5 Å². The number of aliphatic hydroxyl groups is 2. The first-order chi connectivity index (χ1) is 15.6. The van der Waals surface area contributed by atoms with Crippen molar-refractivity contribution in [3.05, 3.63) is 41.1 Å². The molecule has 182 valence electrons. The zero-order chi connectivity index (χ0) is 24.2. The van der Waals surface area contributed by atoms with E-state index >= 15 is 0 Å². The van der Waals surface area contributed by atoms with Crippen molar-refractivity contribution in [1.29, 1.82) is 0 Å². The molecule has 1 amide bonds. The maximum absolute atomic E-state index is 13.0. The van der Waals surface area contributed by atoms with Crippen LogP contribution in [-0.4, -0.2) is 46.1 Å². The van der Waals surface area contributed by atoms with Crippen LogP contribution in [0.4, 0.5) is 13.2 Å². The number of alkyl halides is 3. The molecule has 0 radical (unpaired) electrons. The molecular formula is C23H30F3N3O4. The molecule has 0 saturated heterocycles. The maximum atomic E-state index is 13.0. The number of hydrogen-bond acceptors (Lipinski definition) is 6. The van der Waals surface area contributed by atoms with Crippen molar-refractivity contribution in [2.45, 2.75) is 70.4 Å². The Kier molecular flexibility index (Phi) is 8.14. The lowest BCUT2D eigenvalue weighted by molar-refractivity contribution is -0.137. The molecule has 2 aromatic rings. The van der Waals surface area contributed by atoms with Crippen molar-refractivity contribution in [2.24, 2.45) is 5.92 Å². The molecular weight excluding hydrogens is 439 g/mol. The zero-order valence-corrected chi connectivity index (χ0v) is 18.7. The van der Waals surface area contributed by atoms with Crippen molar-refractivity contribution >= 4 is 5.91 Å². The van der Waals surface area contributed by atoms with E-state index in [1.807, 2.05) is 13.8 Å². The molecule has 1 aliphatic rings. The maximum Gasteiger partial charge on any atom is 0.416 e. The SMILES string of the molecule is CC(C)[C@@H](CO)NCc1c(C(=O)N[C@@H]2CCC[C@H](O)C2)noc1-c1ccc(C(F)(F)F)cc1. The predicted molar refractivity (Wildman–Crippen MR) is 115 cm³/mol. The number of benzene rings is 1. The molecule has 3 rings (SSSR count). The fraction of sp³-hybridized carbons (Fsp3) is 0.565. The molecule has 1 fully saturated rings. The normalized spacial score (nSPS) is 20.1. The van der Waals surface area contributed by atoms with Crippen LogP contribution in [-0.2, 0) is 12.7 Å². The lowest BCUT2D eigenvalue weighted by atomic mass is 9.93. The number of nitrogens with one attached hydrogen (secondary N) is 2. The Morgan fingerprint density at radius 3 is 2.52 bits per heavy atom. The monoisotopic (exact) mass is 469 g/mol. The highest BCUT2D eigenvalue weighted by Gasteiger charge is 2.31. The number of aromatic nitrogens is 1. The smallest absolute Gasteiger partial charge is 0.395 e. The van der Waals surface area contributed by atoms with Gasteiger partial charge in [-0.3, -0.25) is 4.79 Å². The Labute approximate surface area is 190 Å². The highest BCUT2D eigenvalue weighted by molar-refractivity contribution is 5.95. The van der Waals surface area contributed by atoms with E-state index in [1.54, 1.807) is 0 Å². The summed E-state index contributed by atoms with van der Waals surface area (Å²) in [6.07, 6.45) is -2.26. The number of aliphatic hydroxyl groups excluding tert-OH is 2. The molecule has 1 heterocycles. The lowest BCUT2D eigenvalue weighted by Crippen LogP contribution is -2.41. The number of carbonyl (C=O) groups excluding carboxylic acids is 1. The van der Waals surface area contributed by atoms with Crippen LogP contribution < -0.4 is 10.6 Å². The van der Waals surface area contributed by atoms with Gasteiger partial charge in [0.2, 0.25) is 0 Å². The zero-order valence-electron chi connectivity index (χ0n) is 18.7. The van der Waals surface area contributed by atoms with Crippen molar-refractivity contribution in [3.63, 3.8) is 0 Å². The third-order valence-electron chi connectivity index (χ3n) is 6.00. The van der Waals surface area contributed by atoms with E-state index < -0.39 is 23.8 Å². The largest absolute Gasteiger partial charge is 0.416 e. The Morgan fingerprint density at radius 1 is 1.24 bits per heavy atom. The highest BCUT2D eigenvalue weighted by Crippen LogP contribution is 2.33. The molecule has 0 unspecified atom stereocenters. The molecule has 1 aromatic heterocycles. The van der Waals surface area contributed by atoms with Gasteiger partial charge in [-0.05, 0) is 43.7 Å². The van der Waals surface area contributed by atoms with Gasteiger partial charge in [0.25, 0.3) is 5.91 Å². The van der Waals surface area contributed by atoms with E-state index in [1.165, 1.54) is 12.1 Å². The third-order valence-corrected chi connectivity index (χ3v) is 6.00. The third kappa shape index (κ3) is 6.33. The number of hydrogen-bond donors (Lipinski definition) is 4. The Hall–Kier alpha value is -2.43. The second-order valence-electron chi connectivity index (χ2n) is 8.82. The van der Waals surface area contributed by atoms with Crippen LogP contribution in [0, 0.1) is 5.92 Å². The average Bonchev–Trinajstić information content (AvgIpc) is 3.17. The second kappa shape index (κ2) is 10.7. The summed E-state index contributed by atoms with van der Waals surface area (Å²) in [5, 5.41) is 29.5. The molecule has 7 nitrogen and oxygen atoms in total. The van der Waals surface area contributed by atoms with Gasteiger partial charge < -0.3 is 25.4 Å². The second-order valence-corrected chi connectivity index (χ2v) is 8.82. The van der Waals surface area contributed by atoms with E-state index in [4.69, 9.17) is 4.52 Å². The van der Waals surface area contributed by atoms with Gasteiger partial charge in [-0.1, -0.05) is 31.1 Å². The molecule has 33 heavy (non-hydrogen) atoms. The van der Waals surface area contributed by atoms with Gasteiger partial charge in [-0.15, -0.1) is 0 Å². The summed E-state index contributed by atoms with van der Waals surface area (Å²) in [7, 11) is 0. The minimum Gasteiger partial charge on any atom is -0.395 e. The van der Waals surface area contributed by atoms with Crippen LogP contribution in [0.5, 0.6) is 0 Å². The first kappa shape index (κ1) is 25.2. The van der Waals surface area contributed by atoms with Gasteiger partial charge in [0.1, 0.15) is 0 Å². The van der Waals surface area contributed by atoms with E-state index in [-0.39, 0.29) is 42.6 Å². The summed E-state index contributed by atoms with van der Waals surface area (Å²) in [5.74, 6) is -0.186. The standard InChI is InChI=1S/C23H30F3N3O4/c1-13(2)19(12-30)27-11-18-20(22(32)28-16-4-3-5-17(31)10-16)29-33-21(18)14-6-8-15(9-7-14)23(24,25)26/h6-9,13,16-17,19,27,30-31H,3-5,10-12H2,1-2H3,(H,28,32)/t16-,17+,19-/m1/s1. The minimum atomic E-state index is -4.47. The van der Waals surface area contributed by atoms with Crippen molar-refractivity contribution in [3.8, 4) is 11.3 Å². The van der Waals surface area contributed by atoms with Gasteiger partial charge >= 0.3 is 6.18 Å². The van der Waals surface area contributed by atoms with Crippen LogP contribution >= 0.6 is 0 Å². The number of amides is 1. The van der Waals surface area contributed by atoms with Crippen LogP contribution in [0.1, 0.15) is 61.1 Å². The Balaban J connectivity index is 1.89. The molecule has 0 bridgehead atoms. The summed E-state index contributed by atoms with van der Waals surface area (Å²) in [6, 6.07) is 3.99. The molecule has 0 aliphatic heterocycles. The average molecular weight is 470 g/mol. The molecule has 1 saturated carbocycles. The molecule has 4 N–H and O–H groups in total. The first-order valence-corrected chi connectivity index (χ1v) is 11.1. The number of carbonyl (C=O) groups is 1. The van der Waals surface area contributed by atoms with E-state index in [0.29, 0.717) is 24.0 Å². The van der Waals surface area contributed by atoms with Crippen LogP contribution in [0.15, 0.2) is 28.8 Å². The van der Waals surface area contributed by atoms with E-state index in [0.717, 1.165) is 25.0 Å². The number of halogens is 3. The molecule has 10 heteroatoms. The molecule has 0 spiro atoms. The lowest BCUT2D eigenvalue weighted by Gasteiger charge is -2.26. The first-order valence-electron chi connectivity index (χ1n) is 11.1. The summed E-state index contributed by atoms with van der Waals surface area (Å²) < 4.78 is 44.3. The minimum absolute atomic E-state index is 0.0258. The van der Waals surface area contributed by atoms with Crippen molar-refractivity contribution in [1.82, 2.24) is 15.8 Å². The van der Waals surface area contributed by atoms with Gasteiger partial charge in [-0.2, -0.15) is 13.2 Å². The number of rotatable bonds is 8. The fourth-order valence-electron chi connectivity index (χ4n) is 3.98. The van der Waals surface area contributed by atoms with Crippen LogP contribution in [0.2, 0.25) is 0 Å². The van der Waals surface area contributed by atoms with Crippen molar-refractivity contribution < 1.29 is 32.7 Å². The van der Waals surface area contributed by atoms with E-state index in [2.05, 4.69) is 15.8 Å². The summed E-state index contributed by atoms with van der Waals surface area (Å²) in [5.41, 5.74) is -0.0235. The Morgan fingerprint density at radius 2 is 1.94 bits per heavy atom. The van der Waals surface area contributed by atoms with Gasteiger partial charge in [0.05, 0.1) is 18.3 Å². The molecule has 1 aromatic carbocycles. The molecule has 3 atom stereocenters. The summed E-state index contributed by atoms with van der Waals surface area (Å²) in [4.78, 5) is 13.0. The van der Waals surface area contributed by atoms with E-state index in [9.17, 15) is 28.2 Å². The van der Waals surface area contributed by atoms with Crippen LogP contribution in [0.3, 0.4) is 0 Å². The number of nitrogens with zero attached hydrogens (tertiary/aromatic N) is 1. The quantitative estimate of drug-likeness (QED) is 0.472. The van der Waals surface area contributed by atoms with Gasteiger partial charge in [0, 0.05) is 29.8 Å². The summed E-state index contributed by atoms with van der Waals surface area (Å²) >= 11 is 0. The molecule has 1 aliphatic carbocycles. The van der Waals surface area contributed by atoms with Crippen LogP contribution in [0.25, 0.3) is 11.3 Å². The fourth-order valence-corrected chi connectivity index (χ4v) is 3.98. The van der Waals surface area contributed by atoms with Crippen molar-refractivity contribution in [2.75, 3.05) is 6.61 Å².